The lowest BCUT2D eigenvalue weighted by Crippen LogP contribution is -2.30. The zero-order valence-corrected chi connectivity index (χ0v) is 14.2. The van der Waals surface area contributed by atoms with Crippen LogP contribution in [0, 0.1) is 0 Å². The van der Waals surface area contributed by atoms with Crippen LogP contribution in [0.2, 0.25) is 0 Å². The highest BCUT2D eigenvalue weighted by Crippen LogP contribution is 2.56. The fourth-order valence-corrected chi connectivity index (χ4v) is 4.72. The van der Waals surface area contributed by atoms with Crippen molar-refractivity contribution in [3.63, 3.8) is 0 Å². The molecule has 0 heteroatoms. The van der Waals surface area contributed by atoms with Gasteiger partial charge in [0.25, 0.3) is 0 Å². The topological polar surface area (TPSA) is 0 Å². The van der Waals surface area contributed by atoms with Gasteiger partial charge in [0, 0.05) is 0 Å². The van der Waals surface area contributed by atoms with E-state index in [0.29, 0.717) is 0 Å². The third-order valence-corrected chi connectivity index (χ3v) is 5.66. The van der Waals surface area contributed by atoms with Crippen molar-refractivity contribution in [1.82, 2.24) is 0 Å². The molecule has 0 fully saturated rings. The van der Waals surface area contributed by atoms with Gasteiger partial charge < -0.3 is 0 Å². The number of hydrogen-bond donors (Lipinski definition) is 0. The van der Waals surface area contributed by atoms with Gasteiger partial charge in [0.15, 0.2) is 0 Å². The fraction of sp³-hybridized carbons (Fsp3) is 0.120. The van der Waals surface area contributed by atoms with Crippen LogP contribution in [0.15, 0.2) is 103 Å². The second kappa shape index (κ2) is 5.60. The van der Waals surface area contributed by atoms with E-state index in [9.17, 15) is 0 Å². The molecule has 5 rings (SSSR count). The maximum absolute atomic E-state index is 2.34. The van der Waals surface area contributed by atoms with Crippen molar-refractivity contribution in [1.29, 1.82) is 0 Å². The molecule has 0 spiro atoms. The summed E-state index contributed by atoms with van der Waals surface area (Å²) in [4.78, 5) is 0. The summed E-state index contributed by atoms with van der Waals surface area (Å²) >= 11 is 0. The zero-order chi connectivity index (χ0) is 16.7. The van der Waals surface area contributed by atoms with Crippen molar-refractivity contribution >= 4 is 5.57 Å². The molecule has 0 aliphatic heterocycles. The lowest BCUT2D eigenvalue weighted by molar-refractivity contribution is 0.696. The highest BCUT2D eigenvalue weighted by molar-refractivity contribution is 5.90. The van der Waals surface area contributed by atoms with Crippen LogP contribution in [0.3, 0.4) is 0 Å². The Kier molecular flexibility index (Phi) is 3.24. The summed E-state index contributed by atoms with van der Waals surface area (Å²) < 4.78 is 0. The highest BCUT2D eigenvalue weighted by Gasteiger charge is 2.46. The third kappa shape index (κ3) is 1.94. The minimum Gasteiger partial charge on any atom is -0.0836 e. The van der Waals surface area contributed by atoms with Gasteiger partial charge in [-0.25, -0.2) is 0 Å². The van der Waals surface area contributed by atoms with Crippen LogP contribution >= 0.6 is 0 Å². The first kappa shape index (κ1) is 14.5. The Bertz CT molecular complexity index is 935. The van der Waals surface area contributed by atoms with Gasteiger partial charge in [0.2, 0.25) is 0 Å². The van der Waals surface area contributed by atoms with Gasteiger partial charge in [0.1, 0.15) is 0 Å². The van der Waals surface area contributed by atoms with E-state index in [1.165, 1.54) is 27.8 Å². The van der Waals surface area contributed by atoms with Crippen molar-refractivity contribution in [2.45, 2.75) is 18.3 Å². The average molecular weight is 320 g/mol. The molecular formula is C25H20. The Hall–Kier alpha value is -2.86. The summed E-state index contributed by atoms with van der Waals surface area (Å²) in [5.74, 6) is 0. The first-order chi connectivity index (χ1) is 12.4. The maximum atomic E-state index is 2.34. The quantitative estimate of drug-likeness (QED) is 0.532. The highest BCUT2D eigenvalue weighted by atomic mass is 14.5. The Morgan fingerprint density at radius 3 is 1.92 bits per heavy atom. The Morgan fingerprint density at radius 1 is 0.640 bits per heavy atom. The molecular weight excluding hydrogens is 300 g/mol. The molecule has 0 radical (unpaired) electrons. The van der Waals surface area contributed by atoms with Crippen molar-refractivity contribution in [2.24, 2.45) is 0 Å². The van der Waals surface area contributed by atoms with Gasteiger partial charge in [-0.1, -0.05) is 97.1 Å². The molecule has 0 amide bonds. The predicted molar refractivity (Wildman–Crippen MR) is 105 cm³/mol. The molecule has 3 aromatic rings. The smallest absolute Gasteiger partial charge is 0.0676 e. The van der Waals surface area contributed by atoms with E-state index in [4.69, 9.17) is 0 Å². The monoisotopic (exact) mass is 320 g/mol. The molecule has 0 N–H and O–H groups in total. The number of allylic oxidation sites excluding steroid dienone is 4. The van der Waals surface area contributed by atoms with Crippen LogP contribution in [-0.4, -0.2) is 0 Å². The Balaban J connectivity index is 1.94. The van der Waals surface area contributed by atoms with Crippen molar-refractivity contribution in [3.05, 3.63) is 125 Å². The molecule has 0 saturated carbocycles. The molecule has 0 saturated heterocycles. The van der Waals surface area contributed by atoms with Crippen molar-refractivity contribution in [3.8, 4) is 0 Å². The number of hydrogen-bond acceptors (Lipinski definition) is 0. The van der Waals surface area contributed by atoms with Gasteiger partial charge in [-0.3, -0.25) is 0 Å². The largest absolute Gasteiger partial charge is 0.0836 e. The molecule has 0 heterocycles. The van der Waals surface area contributed by atoms with E-state index in [-0.39, 0.29) is 5.41 Å². The molecule has 2 aliphatic carbocycles. The van der Waals surface area contributed by atoms with Crippen LogP contribution in [0.5, 0.6) is 0 Å². The van der Waals surface area contributed by atoms with E-state index in [0.717, 1.165) is 12.8 Å². The Labute approximate surface area is 149 Å². The SMILES string of the molecule is C1=CC2=C(CC1)C(c1ccccc1)(c1ccccc1)c1ccccc12. The average Bonchev–Trinajstić information content (AvgIpc) is 3.01. The Morgan fingerprint density at radius 2 is 1.24 bits per heavy atom. The van der Waals surface area contributed by atoms with E-state index in [1.807, 2.05) is 0 Å². The van der Waals surface area contributed by atoms with Gasteiger partial charge >= 0.3 is 0 Å². The summed E-state index contributed by atoms with van der Waals surface area (Å²) in [5, 5.41) is 0. The second-order valence-corrected chi connectivity index (χ2v) is 6.86. The van der Waals surface area contributed by atoms with E-state index in [1.54, 1.807) is 5.57 Å². The van der Waals surface area contributed by atoms with E-state index >= 15 is 0 Å². The van der Waals surface area contributed by atoms with Crippen LogP contribution in [-0.2, 0) is 5.41 Å². The summed E-state index contributed by atoms with van der Waals surface area (Å²) in [6, 6.07) is 31.0. The molecule has 0 nitrogen and oxygen atoms in total. The standard InChI is InChI=1S/C25H20/c1-3-11-19(12-4-1)25(20-13-5-2-6-14-20)23-17-9-7-15-21(23)22-16-8-10-18-24(22)25/h1-9,11-17H,10,18H2. The number of rotatable bonds is 2. The van der Waals surface area contributed by atoms with Crippen molar-refractivity contribution in [2.75, 3.05) is 0 Å². The first-order valence-corrected chi connectivity index (χ1v) is 9.03. The first-order valence-electron chi connectivity index (χ1n) is 9.03. The molecule has 0 atom stereocenters. The van der Waals surface area contributed by atoms with Crippen LogP contribution < -0.4 is 0 Å². The fourth-order valence-electron chi connectivity index (χ4n) is 4.72. The molecule has 3 aromatic carbocycles. The summed E-state index contributed by atoms with van der Waals surface area (Å²) in [6.45, 7) is 0. The predicted octanol–water partition coefficient (Wildman–Crippen LogP) is 6.14. The second-order valence-electron chi connectivity index (χ2n) is 6.86. The van der Waals surface area contributed by atoms with E-state index < -0.39 is 0 Å². The molecule has 120 valence electrons. The maximum Gasteiger partial charge on any atom is 0.0676 e. The molecule has 0 aromatic heterocycles. The van der Waals surface area contributed by atoms with Crippen LogP contribution in [0.25, 0.3) is 5.57 Å². The molecule has 0 unspecified atom stereocenters. The van der Waals surface area contributed by atoms with Gasteiger partial charge in [-0.2, -0.15) is 0 Å². The summed E-state index contributed by atoms with van der Waals surface area (Å²) in [6.07, 6.45) is 6.89. The zero-order valence-electron chi connectivity index (χ0n) is 14.2. The number of fused-ring (bicyclic) bond motifs is 2. The van der Waals surface area contributed by atoms with Crippen LogP contribution in [0.4, 0.5) is 0 Å². The number of benzene rings is 3. The molecule has 0 bridgehead atoms. The van der Waals surface area contributed by atoms with Crippen LogP contribution in [0.1, 0.15) is 35.1 Å². The lowest BCUT2D eigenvalue weighted by atomic mass is 9.65. The third-order valence-electron chi connectivity index (χ3n) is 5.66. The van der Waals surface area contributed by atoms with Crippen molar-refractivity contribution < 1.29 is 0 Å². The van der Waals surface area contributed by atoms with Gasteiger partial charge in [-0.05, 0) is 46.2 Å². The van der Waals surface area contributed by atoms with Gasteiger partial charge in [0.05, 0.1) is 5.41 Å². The molecule has 25 heavy (non-hydrogen) atoms. The minimum absolute atomic E-state index is 0.167. The molecule has 2 aliphatic rings. The lowest BCUT2D eigenvalue weighted by Gasteiger charge is -2.36. The van der Waals surface area contributed by atoms with Gasteiger partial charge in [-0.15, -0.1) is 0 Å². The summed E-state index contributed by atoms with van der Waals surface area (Å²) in [5.41, 5.74) is 8.36. The minimum atomic E-state index is -0.167. The normalized spacial score (nSPS) is 17.3. The summed E-state index contributed by atoms with van der Waals surface area (Å²) in [7, 11) is 0. The van der Waals surface area contributed by atoms with E-state index in [2.05, 4.69) is 97.1 Å².